The van der Waals surface area contributed by atoms with E-state index in [1.54, 1.807) is 26.2 Å². The van der Waals surface area contributed by atoms with Gasteiger partial charge in [-0.3, -0.25) is 24.2 Å². The molecule has 2 aliphatic heterocycles. The number of phenols is 1. The fraction of sp³-hybridized carbons (Fsp3) is 0.588. The van der Waals surface area contributed by atoms with Crippen LogP contribution in [0.5, 0.6) is 5.75 Å². The van der Waals surface area contributed by atoms with Gasteiger partial charge in [-0.1, -0.05) is 64.1 Å². The summed E-state index contributed by atoms with van der Waals surface area (Å²) in [6, 6.07) is 3.71. The molecule has 1 fully saturated rings. The Hall–Kier alpha value is -3.74. The van der Waals surface area contributed by atoms with Gasteiger partial charge in [0.15, 0.2) is 0 Å². The summed E-state index contributed by atoms with van der Waals surface area (Å²) >= 11 is 0. The summed E-state index contributed by atoms with van der Waals surface area (Å²) in [5, 5.41) is 17.1. The molecule has 0 spiro atoms. The highest BCUT2D eigenvalue weighted by Gasteiger charge is 2.37. The number of aromatic hydroxyl groups is 1. The van der Waals surface area contributed by atoms with Crippen LogP contribution in [-0.2, 0) is 39.8 Å². The zero-order valence-corrected chi connectivity index (χ0v) is 27.7. The van der Waals surface area contributed by atoms with E-state index < -0.39 is 47.9 Å². The Kier molecular flexibility index (Phi) is 14.2. The first-order valence-electron chi connectivity index (χ1n) is 16.0. The summed E-state index contributed by atoms with van der Waals surface area (Å²) in [6.07, 6.45) is 8.14. The lowest BCUT2D eigenvalue weighted by atomic mass is 9.87. The molecule has 46 heavy (non-hydrogen) atoms. The van der Waals surface area contributed by atoms with Gasteiger partial charge >= 0.3 is 5.97 Å². The van der Waals surface area contributed by atoms with Crippen molar-refractivity contribution in [1.82, 2.24) is 21.1 Å². The first-order chi connectivity index (χ1) is 22.0. The molecule has 0 radical (unpaired) electrons. The number of benzene rings is 1. The van der Waals surface area contributed by atoms with E-state index in [-0.39, 0.29) is 42.6 Å². The third kappa shape index (κ3) is 10.1. The van der Waals surface area contributed by atoms with Crippen molar-refractivity contribution < 1.29 is 38.5 Å². The topological polar surface area (TPSA) is 156 Å². The van der Waals surface area contributed by atoms with Gasteiger partial charge < -0.3 is 30.0 Å². The SMILES string of the molecule is CO[C@@H]1[C@@H](C)[C@@H](OC)/C=C\C=C/CCOC(=O)[C@@H]2CCCN(N2)C(=O)[C@H](Cc2cccc(O)c2)NC(=O)[C@H](C(C)C)NC(=O)[C@@H]1C. The summed E-state index contributed by atoms with van der Waals surface area (Å²) in [5.74, 6) is -2.97. The van der Waals surface area contributed by atoms with Crippen LogP contribution in [0.15, 0.2) is 48.6 Å². The number of nitrogens with zero attached hydrogens (tertiary/aromatic N) is 1. The fourth-order valence-electron chi connectivity index (χ4n) is 5.86. The number of ether oxygens (including phenoxy) is 3. The average molecular weight is 643 g/mol. The minimum Gasteiger partial charge on any atom is -0.508 e. The highest BCUT2D eigenvalue weighted by Crippen LogP contribution is 2.23. The molecule has 7 atom stereocenters. The smallest absolute Gasteiger partial charge is 0.324 e. The van der Waals surface area contributed by atoms with Gasteiger partial charge in [0.25, 0.3) is 5.91 Å². The number of hydrazine groups is 1. The van der Waals surface area contributed by atoms with E-state index >= 15 is 0 Å². The molecule has 1 saturated heterocycles. The minimum absolute atomic E-state index is 0.0258. The Morgan fingerprint density at radius 2 is 1.80 bits per heavy atom. The molecule has 0 aliphatic carbocycles. The molecule has 1 aromatic carbocycles. The maximum Gasteiger partial charge on any atom is 0.324 e. The zero-order valence-electron chi connectivity index (χ0n) is 27.7. The number of cyclic esters (lactones) is 1. The number of methoxy groups -OCH3 is 2. The van der Waals surface area contributed by atoms with Gasteiger partial charge in [0, 0.05) is 33.1 Å². The van der Waals surface area contributed by atoms with E-state index in [9.17, 15) is 24.3 Å². The Bertz CT molecular complexity index is 1250. The van der Waals surface area contributed by atoms with Crippen molar-refractivity contribution in [3.63, 3.8) is 0 Å². The maximum absolute atomic E-state index is 13.9. The number of carbonyl (C=O) groups excluding carboxylic acids is 4. The summed E-state index contributed by atoms with van der Waals surface area (Å²) in [5.41, 5.74) is 3.61. The van der Waals surface area contributed by atoms with Gasteiger partial charge in [0.1, 0.15) is 23.9 Å². The Morgan fingerprint density at radius 1 is 1.04 bits per heavy atom. The van der Waals surface area contributed by atoms with Gasteiger partial charge in [-0.15, -0.1) is 0 Å². The molecular formula is C34H50N4O8. The van der Waals surface area contributed by atoms with Crippen LogP contribution in [0.3, 0.4) is 0 Å². The summed E-state index contributed by atoms with van der Waals surface area (Å²) in [6.45, 7) is 7.79. The number of carbonyl (C=O) groups is 4. The van der Waals surface area contributed by atoms with E-state index in [1.165, 1.54) is 24.3 Å². The van der Waals surface area contributed by atoms with Crippen molar-refractivity contribution in [1.29, 1.82) is 0 Å². The zero-order chi connectivity index (χ0) is 33.8. The van der Waals surface area contributed by atoms with Crippen LogP contribution in [0.2, 0.25) is 0 Å². The number of nitrogens with one attached hydrogen (secondary N) is 3. The molecule has 4 N–H and O–H groups in total. The number of rotatable bonds is 5. The summed E-state index contributed by atoms with van der Waals surface area (Å²) in [4.78, 5) is 54.2. The molecule has 0 unspecified atom stereocenters. The molecule has 2 heterocycles. The molecule has 2 aliphatic rings. The van der Waals surface area contributed by atoms with Crippen molar-refractivity contribution in [2.24, 2.45) is 17.8 Å². The van der Waals surface area contributed by atoms with Gasteiger partial charge in [-0.05, 0) is 42.9 Å². The van der Waals surface area contributed by atoms with Crippen LogP contribution >= 0.6 is 0 Å². The van der Waals surface area contributed by atoms with Crippen LogP contribution in [0.1, 0.15) is 52.5 Å². The van der Waals surface area contributed by atoms with Crippen molar-refractivity contribution >= 4 is 23.7 Å². The highest BCUT2D eigenvalue weighted by molar-refractivity contribution is 5.93. The predicted molar refractivity (Wildman–Crippen MR) is 172 cm³/mol. The van der Waals surface area contributed by atoms with E-state index in [0.717, 1.165) is 0 Å². The quantitative estimate of drug-likeness (QED) is 0.355. The molecule has 12 nitrogen and oxygen atoms in total. The number of fused-ring (bicyclic) bond motifs is 2. The first kappa shape index (κ1) is 36.7. The monoisotopic (exact) mass is 642 g/mol. The standard InChI is InChI=1S/C34H50N4O8/c1-21(2)29-32(41)35-27(20-24-13-11-14-25(39)19-24)33(42)38-17-12-15-26(37-38)34(43)46-18-10-8-7-9-16-28(44-5)22(3)30(45-6)23(4)31(40)36-29/h7-9,11,13-14,16,19,21-23,26-30,37,39H,10,12,15,17-18,20H2,1-6H3,(H,35,41)(H,36,40)/b8-7-,16-9-/t22-,23+,26-,27-,28-,29-,30+/m0/s1. The van der Waals surface area contributed by atoms with Crippen LogP contribution in [-0.4, -0.2) is 91.5 Å². The molecule has 0 saturated carbocycles. The predicted octanol–water partition coefficient (Wildman–Crippen LogP) is 2.42. The fourth-order valence-corrected chi connectivity index (χ4v) is 5.86. The average Bonchev–Trinajstić information content (AvgIpc) is 3.03. The van der Waals surface area contributed by atoms with Crippen LogP contribution in [0.25, 0.3) is 0 Å². The number of phenolic OH excluding ortho intramolecular Hbond substituents is 1. The van der Waals surface area contributed by atoms with Gasteiger partial charge in [-0.2, -0.15) is 0 Å². The normalized spacial score (nSPS) is 30.8. The number of hydrogen-bond acceptors (Lipinski definition) is 9. The molecule has 254 valence electrons. The third-order valence-corrected chi connectivity index (χ3v) is 8.51. The Labute approximate surface area is 271 Å². The minimum atomic E-state index is -1.06. The lowest BCUT2D eigenvalue weighted by molar-refractivity contribution is -0.153. The van der Waals surface area contributed by atoms with Crippen molar-refractivity contribution in [2.75, 3.05) is 27.4 Å². The van der Waals surface area contributed by atoms with Crippen molar-refractivity contribution in [2.45, 2.75) is 83.7 Å². The first-order valence-corrected chi connectivity index (χ1v) is 16.0. The highest BCUT2D eigenvalue weighted by atomic mass is 16.5. The van der Waals surface area contributed by atoms with Crippen LogP contribution < -0.4 is 16.1 Å². The number of allylic oxidation sites excluding steroid dienone is 2. The number of hydrogen-bond donors (Lipinski definition) is 4. The van der Waals surface area contributed by atoms with E-state index in [1.807, 2.05) is 45.1 Å². The van der Waals surface area contributed by atoms with Gasteiger partial charge in [-0.25, -0.2) is 5.43 Å². The molecule has 2 bridgehead atoms. The molecule has 1 aromatic rings. The van der Waals surface area contributed by atoms with Crippen LogP contribution in [0, 0.1) is 17.8 Å². The number of esters is 1. The van der Waals surface area contributed by atoms with Gasteiger partial charge in [0.05, 0.1) is 24.7 Å². The molecule has 3 amide bonds. The second-order valence-electron chi connectivity index (χ2n) is 12.3. The largest absolute Gasteiger partial charge is 0.508 e. The second-order valence-corrected chi connectivity index (χ2v) is 12.3. The van der Waals surface area contributed by atoms with Crippen molar-refractivity contribution in [3.8, 4) is 5.75 Å². The summed E-state index contributed by atoms with van der Waals surface area (Å²) in [7, 11) is 3.13. The molecular weight excluding hydrogens is 592 g/mol. The number of amides is 3. The van der Waals surface area contributed by atoms with Crippen molar-refractivity contribution in [3.05, 3.63) is 54.1 Å². The van der Waals surface area contributed by atoms with E-state index in [4.69, 9.17) is 14.2 Å². The Balaban J connectivity index is 1.95. The van der Waals surface area contributed by atoms with Gasteiger partial charge in [0.2, 0.25) is 11.8 Å². The Morgan fingerprint density at radius 3 is 2.48 bits per heavy atom. The molecule has 12 heteroatoms. The lowest BCUT2D eigenvalue weighted by Crippen LogP contribution is -2.62. The lowest BCUT2D eigenvalue weighted by Gasteiger charge is -2.36. The maximum atomic E-state index is 13.9. The second kappa shape index (κ2) is 17.8. The third-order valence-electron chi connectivity index (χ3n) is 8.51. The van der Waals surface area contributed by atoms with Crippen LogP contribution in [0.4, 0.5) is 0 Å². The molecule has 0 aromatic heterocycles. The molecule has 3 rings (SSSR count). The van der Waals surface area contributed by atoms with E-state index in [2.05, 4.69) is 16.1 Å². The van der Waals surface area contributed by atoms with E-state index in [0.29, 0.717) is 31.4 Å². The summed E-state index contributed by atoms with van der Waals surface area (Å²) < 4.78 is 17.0.